The summed E-state index contributed by atoms with van der Waals surface area (Å²) >= 11 is 3.62. The Hall–Kier alpha value is -14.4. The molecule has 0 saturated carbocycles. The second kappa shape index (κ2) is 29.6. The monoisotopic (exact) mass is 1510 g/mol. The quantitative estimate of drug-likeness (QED) is 0.131. The summed E-state index contributed by atoms with van der Waals surface area (Å²) in [6, 6.07) is 151. The summed E-state index contributed by atoms with van der Waals surface area (Å²) in [5, 5.41) is 23.3. The smallest absolute Gasteiger partial charge is 0.143 e. The highest BCUT2D eigenvalue weighted by atomic mass is 79.9. The molecule has 4 nitrogen and oxygen atoms in total. The molecule has 2 heterocycles. The first kappa shape index (κ1) is 68.0. The third-order valence-corrected chi connectivity index (χ3v) is 22.7. The topological polar surface area (TPSA) is 41.6 Å². The van der Waals surface area contributed by atoms with Crippen molar-refractivity contribution in [3.63, 3.8) is 0 Å². The van der Waals surface area contributed by atoms with Gasteiger partial charge >= 0.3 is 0 Å². The summed E-state index contributed by atoms with van der Waals surface area (Å²) in [7, 11) is 0. The second-order valence-electron chi connectivity index (χ2n) is 28.8. The number of benzene rings is 20. The molecule has 22 aromatic rings. The Bertz CT molecular complexity index is 7300. The Morgan fingerprint density at radius 2 is 0.496 bits per heavy atom. The molecule has 1 N–H and O–H groups in total. The average Bonchev–Trinajstić information content (AvgIpc) is 1.71. The largest absolute Gasteiger partial charge is 0.455 e. The highest BCUT2D eigenvalue weighted by Crippen LogP contribution is 2.45. The van der Waals surface area contributed by atoms with Gasteiger partial charge in [-0.2, -0.15) is 0 Å². The van der Waals surface area contributed by atoms with Crippen molar-refractivity contribution in [2.75, 3.05) is 10.2 Å². The number of para-hydroxylation sites is 4. The molecule has 0 aliphatic heterocycles. The van der Waals surface area contributed by atoms with Gasteiger partial charge < -0.3 is 19.1 Å². The molecule has 5 heteroatoms. The van der Waals surface area contributed by atoms with Crippen molar-refractivity contribution in [3.8, 4) is 66.8 Å². The Balaban J connectivity index is 0.000000127. The van der Waals surface area contributed by atoms with E-state index in [0.717, 1.165) is 99.0 Å². The number of halogens is 1. The predicted molar refractivity (Wildman–Crippen MR) is 484 cm³/mol. The lowest BCUT2D eigenvalue weighted by atomic mass is 9.96. The van der Waals surface area contributed by atoms with E-state index in [9.17, 15) is 0 Å². The summed E-state index contributed by atoms with van der Waals surface area (Å²) in [5.74, 6) is 0. The van der Waals surface area contributed by atoms with Crippen LogP contribution in [-0.4, -0.2) is 0 Å². The Kier molecular flexibility index (Phi) is 17.8. The molecule has 0 amide bonds. The van der Waals surface area contributed by atoms with Crippen molar-refractivity contribution in [2.24, 2.45) is 0 Å². The molecule has 2 aromatic heterocycles. The average molecular weight is 1510 g/mol. The molecule has 0 atom stereocenters. The van der Waals surface area contributed by atoms with Gasteiger partial charge in [-0.3, -0.25) is 0 Å². The van der Waals surface area contributed by atoms with Crippen molar-refractivity contribution in [3.05, 3.63) is 429 Å². The van der Waals surface area contributed by atoms with Gasteiger partial charge in [-0.05, 0) is 182 Å². The van der Waals surface area contributed by atoms with E-state index in [1.54, 1.807) is 0 Å². The number of nitrogens with zero attached hydrogens (tertiary/aromatic N) is 1. The molecule has 0 unspecified atom stereocenters. The first-order valence-corrected chi connectivity index (χ1v) is 39.1. The normalized spacial score (nSPS) is 11.4. The minimum Gasteiger partial charge on any atom is -0.455 e. The van der Waals surface area contributed by atoms with E-state index in [0.29, 0.717) is 0 Å². The number of hydrogen-bond acceptors (Lipinski definition) is 4. The molecule has 0 aliphatic rings. The summed E-state index contributed by atoms with van der Waals surface area (Å²) in [6.45, 7) is 0. The molecule has 532 valence electrons. The number of fused-ring (bicyclic) bond motifs is 14. The lowest BCUT2D eigenvalue weighted by molar-refractivity contribution is 0.669. The van der Waals surface area contributed by atoms with E-state index >= 15 is 0 Å². The maximum Gasteiger partial charge on any atom is 0.143 e. The van der Waals surface area contributed by atoms with Crippen LogP contribution in [0.25, 0.3) is 175 Å². The van der Waals surface area contributed by atoms with Crippen molar-refractivity contribution in [2.45, 2.75) is 0 Å². The highest BCUT2D eigenvalue weighted by Gasteiger charge is 2.20. The van der Waals surface area contributed by atoms with E-state index in [-0.39, 0.29) is 0 Å². The van der Waals surface area contributed by atoms with Crippen LogP contribution in [0.3, 0.4) is 0 Å². The fourth-order valence-electron chi connectivity index (χ4n) is 16.5. The van der Waals surface area contributed by atoms with Crippen LogP contribution in [0.1, 0.15) is 0 Å². The zero-order valence-electron chi connectivity index (χ0n) is 61.6. The van der Waals surface area contributed by atoms with Crippen LogP contribution in [0.2, 0.25) is 0 Å². The van der Waals surface area contributed by atoms with Crippen LogP contribution in [0.4, 0.5) is 28.4 Å². The second-order valence-corrected chi connectivity index (χ2v) is 29.6. The number of hydrogen-bond donors (Lipinski definition) is 1. The van der Waals surface area contributed by atoms with E-state index < -0.39 is 0 Å². The maximum absolute atomic E-state index is 6.43. The first-order chi connectivity index (χ1) is 55.9. The van der Waals surface area contributed by atoms with Crippen LogP contribution in [0.5, 0.6) is 0 Å². The van der Waals surface area contributed by atoms with Gasteiger partial charge in [-0.1, -0.05) is 368 Å². The van der Waals surface area contributed by atoms with Crippen molar-refractivity contribution >= 4 is 153 Å². The minimum absolute atomic E-state index is 0.908. The van der Waals surface area contributed by atoms with Gasteiger partial charge in [0.2, 0.25) is 0 Å². The molecule has 113 heavy (non-hydrogen) atoms. The van der Waals surface area contributed by atoms with Crippen LogP contribution < -0.4 is 10.2 Å². The van der Waals surface area contributed by atoms with Gasteiger partial charge in [0.05, 0.1) is 5.69 Å². The summed E-state index contributed by atoms with van der Waals surface area (Å²) in [4.78, 5) is 2.40. The number of furan rings is 2. The molecule has 0 aliphatic carbocycles. The van der Waals surface area contributed by atoms with Gasteiger partial charge in [0.15, 0.2) is 0 Å². The molecule has 0 bridgehead atoms. The van der Waals surface area contributed by atoms with Gasteiger partial charge in [-0.15, -0.1) is 0 Å². The van der Waals surface area contributed by atoms with Gasteiger partial charge in [0.1, 0.15) is 22.3 Å². The SMILES string of the molecule is Brc1cccc2ccc3ccccc3c12.c1ccc2c(-c3ccc(-c4ccc(N(c5ccc(-c6cccc7c6oc6ccccc67)cc5)c5cccc6ccc7ccccc7c56)cc4)cc3)cccc2c1.c1ccc2c(-c3ccc(-c4ccc(Nc5ccc(-c6cccc7c6oc6ccccc67)cc5)cc4)cc3)cccc2c1. The zero-order valence-corrected chi connectivity index (χ0v) is 63.1. The lowest BCUT2D eigenvalue weighted by Gasteiger charge is -2.28. The summed E-state index contributed by atoms with van der Waals surface area (Å²) < 4.78 is 13.8. The fourth-order valence-corrected chi connectivity index (χ4v) is 17.1. The van der Waals surface area contributed by atoms with Crippen molar-refractivity contribution < 1.29 is 8.83 Å². The molecule has 0 fully saturated rings. The van der Waals surface area contributed by atoms with Crippen molar-refractivity contribution in [1.82, 2.24) is 0 Å². The number of nitrogens with one attached hydrogen (secondary N) is 1. The van der Waals surface area contributed by atoms with E-state index in [4.69, 9.17) is 8.83 Å². The lowest BCUT2D eigenvalue weighted by Crippen LogP contribution is -2.10. The van der Waals surface area contributed by atoms with Crippen LogP contribution in [0, 0.1) is 0 Å². The van der Waals surface area contributed by atoms with Crippen molar-refractivity contribution in [1.29, 1.82) is 0 Å². The molecular weight excluding hydrogens is 1440 g/mol. The van der Waals surface area contributed by atoms with E-state index in [2.05, 4.69) is 427 Å². The third kappa shape index (κ3) is 13.0. The molecule has 0 spiro atoms. The first-order valence-electron chi connectivity index (χ1n) is 38.4. The Labute approximate surface area is 663 Å². The Morgan fingerprint density at radius 3 is 0.973 bits per heavy atom. The van der Waals surface area contributed by atoms with Crippen LogP contribution >= 0.6 is 15.9 Å². The molecule has 0 radical (unpaired) electrons. The predicted octanol–water partition coefficient (Wildman–Crippen LogP) is 31.8. The van der Waals surface area contributed by atoms with Gasteiger partial charge in [-0.25, -0.2) is 0 Å². The number of anilines is 5. The standard InChI is InChI=1S/C54H35NO.C40H27NO.C14H9Br/c1-3-14-45-38(10-1)12-7-17-46(45)40-24-22-36(23-25-40)37-28-32-43(33-29-37)55(51-20-8-13-42-27-26-39-11-2-4-15-47(39)53(42)51)44-34-30-41(31-35-44)48-18-9-19-50-49-16-5-6-21-52(49)56-54(48)50;1-2-9-34-29(7-1)8-5-11-35(34)30-17-15-27(16-18-30)28-19-23-32(24-20-28)41-33-25-21-31(22-26-33)36-12-6-13-38-37-10-3-4-14-39(37)42-40(36)38;15-13-7-3-5-11-9-8-10-4-1-2-6-12(10)14(11)13/h1-35H;1-26,41H;1-9H. The van der Waals surface area contributed by atoms with Gasteiger partial charge in [0, 0.05) is 70.7 Å². The fraction of sp³-hybridized carbons (Fsp3) is 0. The molecule has 20 aromatic carbocycles. The maximum atomic E-state index is 6.43. The molecule has 0 saturated heterocycles. The van der Waals surface area contributed by atoms with E-state index in [1.165, 1.54) is 109 Å². The zero-order chi connectivity index (χ0) is 75.1. The third-order valence-electron chi connectivity index (χ3n) is 22.1. The molecule has 22 rings (SSSR count). The summed E-state index contributed by atoms with van der Waals surface area (Å²) in [6.07, 6.45) is 0. The van der Waals surface area contributed by atoms with E-state index in [1.807, 2.05) is 24.3 Å². The highest BCUT2D eigenvalue weighted by molar-refractivity contribution is 9.10. The van der Waals surface area contributed by atoms with Crippen LogP contribution in [0.15, 0.2) is 438 Å². The van der Waals surface area contributed by atoms with Gasteiger partial charge in [0.25, 0.3) is 0 Å². The van der Waals surface area contributed by atoms with Crippen LogP contribution in [-0.2, 0) is 0 Å². The molecular formula is C108H71BrN2O2. The number of rotatable bonds is 11. The summed E-state index contributed by atoms with van der Waals surface area (Å²) in [5.41, 5.74) is 23.2. The minimum atomic E-state index is 0.908. The Morgan fingerprint density at radius 1 is 0.204 bits per heavy atom.